The molecule has 0 spiro atoms. The molecule has 2 aromatic rings. The van der Waals surface area contributed by atoms with Crippen LogP contribution in [-0.2, 0) is 10.0 Å². The van der Waals surface area contributed by atoms with Gasteiger partial charge in [0.25, 0.3) is 10.0 Å². The van der Waals surface area contributed by atoms with Crippen molar-refractivity contribution in [2.45, 2.75) is 4.90 Å². The minimum Gasteiger partial charge on any atom is -0.495 e. The smallest absolute Gasteiger partial charge is 0.265 e. The van der Waals surface area contributed by atoms with Crippen molar-refractivity contribution in [2.75, 3.05) is 18.5 Å². The molecule has 0 atom stereocenters. The number of nitrogens with zero attached hydrogens (tertiary/aromatic N) is 1. The lowest BCUT2D eigenvalue weighted by Crippen LogP contribution is -2.27. The highest BCUT2D eigenvalue weighted by molar-refractivity contribution is 9.10. The van der Waals surface area contributed by atoms with Crippen molar-refractivity contribution >= 4 is 54.8 Å². The molecule has 0 aromatic heterocycles. The Bertz CT molecular complexity index is 861. The summed E-state index contributed by atoms with van der Waals surface area (Å²) in [7, 11) is -1.48. The van der Waals surface area contributed by atoms with Crippen LogP contribution in [0.2, 0.25) is 10.0 Å². The van der Waals surface area contributed by atoms with E-state index in [0.717, 1.165) is 4.31 Å². The van der Waals surface area contributed by atoms with Crippen LogP contribution in [0.25, 0.3) is 0 Å². The van der Waals surface area contributed by atoms with Crippen molar-refractivity contribution < 1.29 is 17.5 Å². The van der Waals surface area contributed by atoms with Gasteiger partial charge in [0.2, 0.25) is 0 Å². The van der Waals surface area contributed by atoms with E-state index in [4.69, 9.17) is 27.9 Å². The van der Waals surface area contributed by atoms with Crippen molar-refractivity contribution in [1.29, 1.82) is 0 Å². The lowest BCUT2D eigenvalue weighted by Gasteiger charge is -2.21. The van der Waals surface area contributed by atoms with Crippen LogP contribution in [0.1, 0.15) is 0 Å². The van der Waals surface area contributed by atoms with E-state index in [1.807, 2.05) is 0 Å². The average molecular weight is 443 g/mol. The molecule has 0 N–H and O–H groups in total. The highest BCUT2D eigenvalue weighted by Gasteiger charge is 2.28. The number of rotatable bonds is 4. The summed E-state index contributed by atoms with van der Waals surface area (Å²) < 4.78 is 45.7. The highest BCUT2D eigenvalue weighted by atomic mass is 79.9. The van der Waals surface area contributed by atoms with Crippen molar-refractivity contribution in [3.8, 4) is 5.75 Å². The number of hydrogen-bond donors (Lipinski definition) is 0. The summed E-state index contributed by atoms with van der Waals surface area (Å²) in [5.74, 6) is -0.450. The molecule has 4 nitrogen and oxygen atoms in total. The molecule has 0 aliphatic rings. The summed E-state index contributed by atoms with van der Waals surface area (Å²) in [5.41, 5.74) is -0.115. The van der Waals surface area contributed by atoms with E-state index in [0.29, 0.717) is 4.47 Å². The molecule has 2 aromatic carbocycles. The Balaban J connectivity index is 2.56. The van der Waals surface area contributed by atoms with Crippen LogP contribution in [0.15, 0.2) is 39.7 Å². The molecule has 0 heterocycles. The molecule has 0 bridgehead atoms. The first kappa shape index (κ1) is 18.3. The molecule has 0 aliphatic heterocycles. The zero-order valence-electron chi connectivity index (χ0n) is 12.0. The molecular formula is C14H11BrCl2FNO3S. The standard InChI is InChI=1S/C14H11BrCl2FNO3S/c1-19(10-4-3-8(15)7-9(10)18)23(20,21)12-6-5-11(22-2)13(16)14(12)17/h3-7H,1-2H3. The maximum Gasteiger partial charge on any atom is 0.265 e. The summed E-state index contributed by atoms with van der Waals surface area (Å²) >= 11 is 15.1. The van der Waals surface area contributed by atoms with Gasteiger partial charge in [0, 0.05) is 11.5 Å². The van der Waals surface area contributed by atoms with E-state index >= 15 is 0 Å². The fraction of sp³-hybridized carbons (Fsp3) is 0.143. The van der Waals surface area contributed by atoms with Crippen LogP contribution in [0.4, 0.5) is 10.1 Å². The van der Waals surface area contributed by atoms with E-state index in [9.17, 15) is 12.8 Å². The zero-order chi connectivity index (χ0) is 17.4. The molecule has 0 saturated carbocycles. The Labute approximate surface area is 151 Å². The number of anilines is 1. The Hall–Kier alpha value is -1.02. The minimum absolute atomic E-state index is 0.0279. The molecular weight excluding hydrogens is 432 g/mol. The maximum absolute atomic E-state index is 14.0. The Morgan fingerprint density at radius 3 is 2.39 bits per heavy atom. The maximum atomic E-state index is 14.0. The van der Waals surface area contributed by atoms with Gasteiger partial charge in [0.05, 0.1) is 17.8 Å². The number of sulfonamides is 1. The average Bonchev–Trinajstić information content (AvgIpc) is 2.49. The zero-order valence-corrected chi connectivity index (χ0v) is 15.9. The topological polar surface area (TPSA) is 46.6 Å². The van der Waals surface area contributed by atoms with Gasteiger partial charge in [0.1, 0.15) is 21.5 Å². The van der Waals surface area contributed by atoms with Gasteiger partial charge in [0.15, 0.2) is 0 Å². The summed E-state index contributed by atoms with van der Waals surface area (Å²) in [4.78, 5) is -0.241. The molecule has 2 rings (SSSR count). The molecule has 0 saturated heterocycles. The van der Waals surface area contributed by atoms with E-state index in [1.165, 1.54) is 44.5 Å². The van der Waals surface area contributed by atoms with E-state index < -0.39 is 15.8 Å². The van der Waals surface area contributed by atoms with E-state index in [-0.39, 0.29) is 26.4 Å². The Kier molecular flexibility index (Phi) is 5.45. The minimum atomic E-state index is -4.10. The van der Waals surface area contributed by atoms with Crippen molar-refractivity contribution in [3.63, 3.8) is 0 Å². The fourth-order valence-electron chi connectivity index (χ4n) is 1.88. The third kappa shape index (κ3) is 3.42. The van der Waals surface area contributed by atoms with Crippen LogP contribution in [0.5, 0.6) is 5.75 Å². The van der Waals surface area contributed by atoms with Crippen molar-refractivity contribution in [3.05, 3.63) is 50.7 Å². The predicted molar refractivity (Wildman–Crippen MR) is 92.7 cm³/mol. The summed E-state index contributed by atoms with van der Waals surface area (Å²) in [6.07, 6.45) is 0. The van der Waals surface area contributed by atoms with Crippen LogP contribution < -0.4 is 9.04 Å². The molecule has 23 heavy (non-hydrogen) atoms. The first-order valence-corrected chi connectivity index (χ1v) is 9.15. The predicted octanol–water partition coefficient (Wildman–Crippen LogP) is 4.73. The largest absolute Gasteiger partial charge is 0.495 e. The summed E-state index contributed by atoms with van der Waals surface area (Å²) in [6, 6.07) is 6.69. The third-order valence-corrected chi connectivity index (χ3v) is 6.40. The number of methoxy groups -OCH3 is 1. The first-order valence-electron chi connectivity index (χ1n) is 6.16. The van der Waals surface area contributed by atoms with Gasteiger partial charge in [-0.1, -0.05) is 39.1 Å². The third-order valence-electron chi connectivity index (χ3n) is 3.12. The normalized spacial score (nSPS) is 11.4. The fourth-order valence-corrected chi connectivity index (χ4v) is 4.23. The monoisotopic (exact) mass is 441 g/mol. The second-order valence-corrected chi connectivity index (χ2v) is 8.07. The molecule has 0 amide bonds. The molecule has 0 radical (unpaired) electrons. The van der Waals surface area contributed by atoms with Crippen LogP contribution in [-0.4, -0.2) is 22.6 Å². The molecule has 0 fully saturated rings. The number of halogens is 4. The van der Waals surface area contributed by atoms with E-state index in [1.54, 1.807) is 0 Å². The lowest BCUT2D eigenvalue weighted by molar-refractivity contribution is 0.414. The number of ether oxygens (including phenoxy) is 1. The summed E-state index contributed by atoms with van der Waals surface area (Å²) in [6.45, 7) is 0. The molecule has 0 unspecified atom stereocenters. The number of benzene rings is 2. The molecule has 124 valence electrons. The van der Waals surface area contributed by atoms with Crippen LogP contribution >= 0.6 is 39.1 Å². The van der Waals surface area contributed by atoms with Gasteiger partial charge in [-0.3, -0.25) is 4.31 Å². The van der Waals surface area contributed by atoms with Gasteiger partial charge in [-0.2, -0.15) is 0 Å². The second-order valence-electron chi connectivity index (χ2n) is 4.46. The van der Waals surface area contributed by atoms with Gasteiger partial charge in [-0.05, 0) is 30.3 Å². The van der Waals surface area contributed by atoms with Crippen molar-refractivity contribution in [1.82, 2.24) is 0 Å². The lowest BCUT2D eigenvalue weighted by atomic mass is 10.3. The Morgan fingerprint density at radius 1 is 1.17 bits per heavy atom. The first-order chi connectivity index (χ1) is 10.7. The molecule has 9 heteroatoms. The van der Waals surface area contributed by atoms with Gasteiger partial charge in [-0.25, -0.2) is 12.8 Å². The van der Waals surface area contributed by atoms with Gasteiger partial charge < -0.3 is 4.74 Å². The van der Waals surface area contributed by atoms with Gasteiger partial charge in [-0.15, -0.1) is 0 Å². The second kappa shape index (κ2) is 6.84. The Morgan fingerprint density at radius 2 is 1.83 bits per heavy atom. The van der Waals surface area contributed by atoms with Crippen molar-refractivity contribution in [2.24, 2.45) is 0 Å². The molecule has 0 aliphatic carbocycles. The van der Waals surface area contributed by atoms with Crippen LogP contribution in [0, 0.1) is 5.82 Å². The van der Waals surface area contributed by atoms with E-state index in [2.05, 4.69) is 15.9 Å². The summed E-state index contributed by atoms with van der Waals surface area (Å²) in [5, 5.41) is -0.213. The van der Waals surface area contributed by atoms with Crippen LogP contribution in [0.3, 0.4) is 0 Å². The number of hydrogen-bond acceptors (Lipinski definition) is 3. The highest BCUT2D eigenvalue weighted by Crippen LogP contribution is 2.38. The SMILES string of the molecule is COc1ccc(S(=O)(=O)N(C)c2ccc(Br)cc2F)c(Cl)c1Cl. The quantitative estimate of drug-likeness (QED) is 0.687. The van der Waals surface area contributed by atoms with Gasteiger partial charge >= 0.3 is 0 Å².